The Kier molecular flexibility index (Phi) is 2.80. The fraction of sp³-hybridized carbons (Fsp3) is 0.571. The van der Waals surface area contributed by atoms with Gasteiger partial charge in [0.2, 0.25) is 0 Å². The zero-order chi connectivity index (χ0) is 12.0. The molecule has 0 bridgehead atoms. The zero-order valence-electron chi connectivity index (χ0n) is 10.1. The van der Waals surface area contributed by atoms with E-state index >= 15 is 0 Å². The lowest BCUT2D eigenvalue weighted by Crippen LogP contribution is -2.13. The number of likely N-dealkylation sites (tertiary alicyclic amines) is 1. The molecular formula is C14H18BrNO. The van der Waals surface area contributed by atoms with Crippen LogP contribution in [0.3, 0.4) is 0 Å². The van der Waals surface area contributed by atoms with E-state index in [0.29, 0.717) is 5.92 Å². The lowest BCUT2D eigenvalue weighted by Gasteiger charge is -2.15. The van der Waals surface area contributed by atoms with Crippen LogP contribution in [0, 0.1) is 0 Å². The number of halogens is 1. The maximum Gasteiger partial charge on any atom is 0.0899 e. The average molecular weight is 296 g/mol. The van der Waals surface area contributed by atoms with Gasteiger partial charge in [0.25, 0.3) is 0 Å². The van der Waals surface area contributed by atoms with Crippen molar-refractivity contribution in [2.45, 2.75) is 30.8 Å². The first kappa shape index (κ1) is 11.7. The molecule has 1 unspecified atom stereocenters. The molecule has 1 atom stereocenters. The summed E-state index contributed by atoms with van der Waals surface area (Å²) in [5, 5.41) is 10.1. The quantitative estimate of drug-likeness (QED) is 0.907. The van der Waals surface area contributed by atoms with E-state index < -0.39 is 5.60 Å². The number of likely N-dealkylation sites (N-methyl/N-ethyl adjacent to an activating group) is 1. The predicted octanol–water partition coefficient (Wildman–Crippen LogP) is 2.85. The van der Waals surface area contributed by atoms with Gasteiger partial charge in [-0.25, -0.2) is 0 Å². The van der Waals surface area contributed by atoms with Gasteiger partial charge in [0.15, 0.2) is 0 Å². The van der Waals surface area contributed by atoms with E-state index in [0.717, 1.165) is 29.4 Å². The maximum atomic E-state index is 10.1. The molecule has 2 aliphatic rings. The summed E-state index contributed by atoms with van der Waals surface area (Å²) >= 11 is 3.67. The van der Waals surface area contributed by atoms with Crippen molar-refractivity contribution >= 4 is 15.9 Å². The van der Waals surface area contributed by atoms with Gasteiger partial charge in [-0.15, -0.1) is 0 Å². The summed E-state index contributed by atoms with van der Waals surface area (Å²) < 4.78 is 1.16. The second-order valence-electron chi connectivity index (χ2n) is 5.52. The van der Waals surface area contributed by atoms with Gasteiger partial charge in [-0.1, -0.05) is 28.1 Å². The van der Waals surface area contributed by atoms with Gasteiger partial charge in [0, 0.05) is 11.0 Å². The van der Waals surface area contributed by atoms with Gasteiger partial charge in [0.1, 0.15) is 0 Å². The van der Waals surface area contributed by atoms with Gasteiger partial charge in [0.05, 0.1) is 5.60 Å². The third-order valence-corrected chi connectivity index (χ3v) is 4.78. The first-order chi connectivity index (χ1) is 8.08. The highest BCUT2D eigenvalue weighted by atomic mass is 79.9. The van der Waals surface area contributed by atoms with E-state index in [-0.39, 0.29) is 0 Å². The molecule has 92 valence electrons. The smallest absolute Gasteiger partial charge is 0.0899 e. The van der Waals surface area contributed by atoms with Crippen molar-refractivity contribution in [1.29, 1.82) is 0 Å². The number of rotatable bonds is 2. The first-order valence-corrected chi connectivity index (χ1v) is 7.09. The molecule has 2 fully saturated rings. The number of hydrogen-bond donors (Lipinski definition) is 1. The van der Waals surface area contributed by atoms with Crippen molar-refractivity contribution in [3.05, 3.63) is 33.8 Å². The number of nitrogens with zero attached hydrogens (tertiary/aromatic N) is 1. The molecule has 1 aromatic rings. The van der Waals surface area contributed by atoms with E-state index in [9.17, 15) is 5.11 Å². The molecule has 0 radical (unpaired) electrons. The van der Waals surface area contributed by atoms with Gasteiger partial charge >= 0.3 is 0 Å². The minimum atomic E-state index is -0.520. The third kappa shape index (κ3) is 2.16. The molecule has 0 amide bonds. The Balaban J connectivity index is 1.86. The molecule has 3 rings (SSSR count). The van der Waals surface area contributed by atoms with Crippen molar-refractivity contribution in [3.8, 4) is 0 Å². The molecule has 17 heavy (non-hydrogen) atoms. The summed E-state index contributed by atoms with van der Waals surface area (Å²) in [5.74, 6) is 0.636. The van der Waals surface area contributed by atoms with Crippen molar-refractivity contribution in [1.82, 2.24) is 4.90 Å². The van der Waals surface area contributed by atoms with Crippen LogP contribution < -0.4 is 0 Å². The summed E-state index contributed by atoms with van der Waals surface area (Å²) in [6.45, 7) is 2.32. The van der Waals surface area contributed by atoms with Crippen LogP contribution in [0.2, 0.25) is 0 Å². The molecule has 1 N–H and O–H groups in total. The molecule has 0 spiro atoms. The molecule has 3 heteroatoms. The number of benzene rings is 1. The van der Waals surface area contributed by atoms with Crippen LogP contribution in [-0.4, -0.2) is 30.1 Å². The van der Waals surface area contributed by atoms with Crippen molar-refractivity contribution in [2.75, 3.05) is 20.1 Å². The van der Waals surface area contributed by atoms with Crippen LogP contribution in [0.4, 0.5) is 0 Å². The minimum absolute atomic E-state index is 0.520. The normalized spacial score (nSPS) is 27.4. The lowest BCUT2D eigenvalue weighted by atomic mass is 9.96. The highest BCUT2D eigenvalue weighted by molar-refractivity contribution is 9.10. The molecule has 0 aromatic heterocycles. The highest BCUT2D eigenvalue weighted by Crippen LogP contribution is 2.46. The fourth-order valence-corrected chi connectivity index (χ4v) is 3.45. The van der Waals surface area contributed by atoms with Crippen LogP contribution in [-0.2, 0) is 5.60 Å². The molecule has 1 heterocycles. The molecular weight excluding hydrogens is 278 g/mol. The minimum Gasteiger partial charge on any atom is -0.385 e. The van der Waals surface area contributed by atoms with Gasteiger partial charge in [-0.2, -0.15) is 0 Å². The topological polar surface area (TPSA) is 23.5 Å². The molecule has 1 aromatic carbocycles. The second kappa shape index (κ2) is 4.08. The second-order valence-corrected chi connectivity index (χ2v) is 6.37. The summed E-state index contributed by atoms with van der Waals surface area (Å²) in [7, 11) is 2.18. The predicted molar refractivity (Wildman–Crippen MR) is 72.1 cm³/mol. The van der Waals surface area contributed by atoms with Gasteiger partial charge in [-0.05, 0) is 56.0 Å². The van der Waals surface area contributed by atoms with Crippen molar-refractivity contribution < 1.29 is 5.11 Å². The van der Waals surface area contributed by atoms with E-state index in [4.69, 9.17) is 0 Å². The van der Waals surface area contributed by atoms with Crippen LogP contribution >= 0.6 is 15.9 Å². The first-order valence-electron chi connectivity index (χ1n) is 6.29. The number of aliphatic hydroxyl groups is 1. The third-order valence-electron chi connectivity index (χ3n) is 4.09. The Labute approximate surface area is 111 Å². The Morgan fingerprint density at radius 2 is 2.18 bits per heavy atom. The monoisotopic (exact) mass is 295 g/mol. The van der Waals surface area contributed by atoms with Crippen LogP contribution in [0.15, 0.2) is 22.7 Å². The fourth-order valence-electron chi connectivity index (χ4n) is 2.74. The molecule has 1 saturated carbocycles. The van der Waals surface area contributed by atoms with Crippen LogP contribution in [0.1, 0.15) is 36.3 Å². The van der Waals surface area contributed by atoms with Crippen molar-refractivity contribution in [3.63, 3.8) is 0 Å². The standard InChI is InChI=1S/C14H18BrNO/c1-16-7-4-10(9-16)12-3-2-11(8-13(12)15)14(17)5-6-14/h2-3,8,10,17H,4-7,9H2,1H3. The van der Waals surface area contributed by atoms with Gasteiger partial charge < -0.3 is 10.0 Å². The Morgan fingerprint density at radius 1 is 1.41 bits per heavy atom. The summed E-state index contributed by atoms with van der Waals surface area (Å²) in [5.41, 5.74) is 1.94. The average Bonchev–Trinajstić information content (AvgIpc) is 2.90. The molecule has 2 nitrogen and oxygen atoms in total. The summed E-state index contributed by atoms with van der Waals surface area (Å²) in [6, 6.07) is 6.41. The Morgan fingerprint density at radius 3 is 2.71 bits per heavy atom. The largest absolute Gasteiger partial charge is 0.385 e. The molecule has 1 saturated heterocycles. The lowest BCUT2D eigenvalue weighted by molar-refractivity contribution is 0.151. The molecule has 1 aliphatic heterocycles. The highest BCUT2D eigenvalue weighted by Gasteiger charge is 2.42. The maximum absolute atomic E-state index is 10.1. The van der Waals surface area contributed by atoms with Crippen LogP contribution in [0.25, 0.3) is 0 Å². The van der Waals surface area contributed by atoms with E-state index in [1.807, 2.05) is 0 Å². The van der Waals surface area contributed by atoms with Crippen LogP contribution in [0.5, 0.6) is 0 Å². The summed E-state index contributed by atoms with van der Waals surface area (Å²) in [4.78, 5) is 2.37. The zero-order valence-corrected chi connectivity index (χ0v) is 11.7. The Hall–Kier alpha value is -0.380. The van der Waals surface area contributed by atoms with Crippen molar-refractivity contribution in [2.24, 2.45) is 0 Å². The number of hydrogen-bond acceptors (Lipinski definition) is 2. The molecule has 1 aliphatic carbocycles. The SMILES string of the molecule is CN1CCC(c2ccc(C3(O)CC3)cc2Br)C1. The summed E-state index contributed by atoms with van der Waals surface area (Å²) in [6.07, 6.45) is 3.05. The van der Waals surface area contributed by atoms with Gasteiger partial charge in [-0.3, -0.25) is 0 Å². The Bertz CT molecular complexity index is 442. The van der Waals surface area contributed by atoms with E-state index in [2.05, 4.69) is 46.1 Å². The van der Waals surface area contributed by atoms with E-state index in [1.165, 1.54) is 18.5 Å². The van der Waals surface area contributed by atoms with E-state index in [1.54, 1.807) is 0 Å².